The van der Waals surface area contributed by atoms with E-state index in [2.05, 4.69) is 5.10 Å². The first-order chi connectivity index (χ1) is 6.97. The lowest BCUT2D eigenvalue weighted by molar-refractivity contribution is -0.153. The maximum atomic E-state index is 11.3. The summed E-state index contributed by atoms with van der Waals surface area (Å²) in [6.07, 6.45) is 1.80. The van der Waals surface area contributed by atoms with Gasteiger partial charge in [0.15, 0.2) is 0 Å². The molecular formula is C10H12N2O3. The van der Waals surface area contributed by atoms with Crippen LogP contribution in [0.25, 0.3) is 0 Å². The first-order valence-electron chi connectivity index (χ1n) is 4.71. The lowest BCUT2D eigenvalue weighted by Gasteiger charge is -2.36. The summed E-state index contributed by atoms with van der Waals surface area (Å²) < 4.78 is 1.55. The van der Waals surface area contributed by atoms with E-state index in [-0.39, 0.29) is 18.6 Å². The van der Waals surface area contributed by atoms with Crippen LogP contribution in [-0.2, 0) is 22.1 Å². The van der Waals surface area contributed by atoms with Gasteiger partial charge in [-0.25, -0.2) is 0 Å². The van der Waals surface area contributed by atoms with Crippen molar-refractivity contribution in [3.8, 4) is 0 Å². The van der Waals surface area contributed by atoms with Gasteiger partial charge in [0.2, 0.25) is 0 Å². The lowest BCUT2D eigenvalue weighted by atomic mass is 9.65. The minimum Gasteiger partial charge on any atom is -0.481 e. The Hall–Kier alpha value is -1.65. The second-order valence-corrected chi connectivity index (χ2v) is 4.08. The number of hydrogen-bond acceptors (Lipinski definition) is 3. The number of carboxylic acid groups (broad SMARTS) is 1. The maximum absolute atomic E-state index is 11.3. The van der Waals surface area contributed by atoms with Crippen molar-refractivity contribution in [2.75, 3.05) is 0 Å². The molecule has 5 heteroatoms. The van der Waals surface area contributed by atoms with Crippen LogP contribution in [0.5, 0.6) is 0 Å². The molecule has 0 saturated heterocycles. The van der Waals surface area contributed by atoms with Crippen LogP contribution in [0.3, 0.4) is 0 Å². The van der Waals surface area contributed by atoms with Crippen molar-refractivity contribution >= 4 is 11.8 Å². The Bertz CT molecular complexity index is 420. The normalized spacial score (nSPS) is 18.7. The van der Waals surface area contributed by atoms with Gasteiger partial charge in [-0.1, -0.05) is 0 Å². The molecule has 1 saturated carbocycles. The smallest absolute Gasteiger partial charge is 0.316 e. The zero-order chi connectivity index (χ0) is 11.2. The van der Waals surface area contributed by atoms with Crippen molar-refractivity contribution in [1.82, 2.24) is 9.78 Å². The van der Waals surface area contributed by atoms with E-state index in [0.717, 1.165) is 5.56 Å². The third-order valence-electron chi connectivity index (χ3n) is 2.98. The molecule has 1 aliphatic rings. The van der Waals surface area contributed by atoms with E-state index in [4.69, 9.17) is 0 Å². The maximum Gasteiger partial charge on any atom is 0.316 e. The van der Waals surface area contributed by atoms with Crippen molar-refractivity contribution in [2.45, 2.75) is 25.2 Å². The number of Topliss-reactive ketones (excluding diaryl/α,β-unsaturated/α-hetero) is 1. The van der Waals surface area contributed by atoms with Crippen molar-refractivity contribution < 1.29 is 14.7 Å². The van der Waals surface area contributed by atoms with Gasteiger partial charge < -0.3 is 5.11 Å². The summed E-state index contributed by atoms with van der Waals surface area (Å²) >= 11 is 0. The fourth-order valence-corrected chi connectivity index (χ4v) is 2.28. The SMILES string of the molecule is Cc1cnn(C)c1C1(C(=O)O)CC(=O)C1. The molecule has 1 heterocycles. The second kappa shape index (κ2) is 2.92. The molecule has 1 aliphatic carbocycles. The third-order valence-corrected chi connectivity index (χ3v) is 2.98. The fourth-order valence-electron chi connectivity index (χ4n) is 2.28. The first-order valence-corrected chi connectivity index (χ1v) is 4.71. The largest absolute Gasteiger partial charge is 0.481 e. The van der Waals surface area contributed by atoms with E-state index in [9.17, 15) is 14.7 Å². The third kappa shape index (κ3) is 1.19. The molecule has 0 aliphatic heterocycles. The number of carbonyl (C=O) groups excluding carboxylic acids is 1. The van der Waals surface area contributed by atoms with Gasteiger partial charge in [-0.05, 0) is 12.5 Å². The van der Waals surface area contributed by atoms with Crippen LogP contribution in [0.4, 0.5) is 0 Å². The molecular weight excluding hydrogens is 196 g/mol. The highest BCUT2D eigenvalue weighted by atomic mass is 16.4. The minimum absolute atomic E-state index is 0.00185. The van der Waals surface area contributed by atoms with Crippen molar-refractivity contribution in [2.24, 2.45) is 7.05 Å². The molecule has 0 radical (unpaired) electrons. The summed E-state index contributed by atoms with van der Waals surface area (Å²) in [5.74, 6) is -0.938. The van der Waals surface area contributed by atoms with Crippen molar-refractivity contribution in [1.29, 1.82) is 0 Å². The van der Waals surface area contributed by atoms with Crippen LogP contribution in [0.1, 0.15) is 24.1 Å². The molecule has 0 atom stereocenters. The predicted molar refractivity (Wildman–Crippen MR) is 51.5 cm³/mol. The molecule has 0 spiro atoms. The molecule has 5 nitrogen and oxygen atoms in total. The summed E-state index contributed by atoms with van der Waals surface area (Å²) in [6, 6.07) is 0. The zero-order valence-electron chi connectivity index (χ0n) is 8.65. The van der Waals surface area contributed by atoms with Gasteiger partial charge in [0.25, 0.3) is 0 Å². The van der Waals surface area contributed by atoms with Gasteiger partial charge >= 0.3 is 5.97 Å². The molecule has 0 bridgehead atoms. The number of nitrogens with zero attached hydrogens (tertiary/aromatic N) is 2. The van der Waals surface area contributed by atoms with Gasteiger partial charge in [-0.2, -0.15) is 5.10 Å². The summed E-state index contributed by atoms with van der Waals surface area (Å²) in [5.41, 5.74) is 0.439. The lowest BCUT2D eigenvalue weighted by Crippen LogP contribution is -2.49. The van der Waals surface area contributed by atoms with E-state index in [1.807, 2.05) is 6.92 Å². The predicted octanol–water partition coefficient (Wildman–Crippen LogP) is 0.414. The molecule has 1 fully saturated rings. The molecule has 1 aromatic heterocycles. The van der Waals surface area contributed by atoms with E-state index in [1.165, 1.54) is 0 Å². The molecule has 80 valence electrons. The Morgan fingerprint density at radius 2 is 2.20 bits per heavy atom. The van der Waals surface area contributed by atoms with E-state index in [1.54, 1.807) is 17.9 Å². The van der Waals surface area contributed by atoms with E-state index < -0.39 is 11.4 Å². The van der Waals surface area contributed by atoms with Crippen molar-refractivity contribution in [3.63, 3.8) is 0 Å². The van der Waals surface area contributed by atoms with Crippen LogP contribution in [0.2, 0.25) is 0 Å². The summed E-state index contributed by atoms with van der Waals surface area (Å²) in [6.45, 7) is 1.82. The van der Waals surface area contributed by atoms with Gasteiger partial charge in [0.1, 0.15) is 11.2 Å². The minimum atomic E-state index is -1.04. The fraction of sp³-hybridized carbons (Fsp3) is 0.500. The van der Waals surface area contributed by atoms with Crippen LogP contribution in [0, 0.1) is 6.92 Å². The number of ketones is 1. The number of hydrogen-bond donors (Lipinski definition) is 1. The Labute approximate surface area is 86.7 Å². The van der Waals surface area contributed by atoms with Gasteiger partial charge in [-0.15, -0.1) is 0 Å². The quantitative estimate of drug-likeness (QED) is 0.764. The molecule has 0 unspecified atom stereocenters. The number of aromatic nitrogens is 2. The molecule has 1 N–H and O–H groups in total. The molecule has 1 aromatic rings. The Morgan fingerprint density at radius 3 is 2.53 bits per heavy atom. The average molecular weight is 208 g/mol. The summed E-state index contributed by atoms with van der Waals surface area (Å²) in [5, 5.41) is 13.2. The molecule has 2 rings (SSSR count). The summed E-state index contributed by atoms with van der Waals surface area (Å²) in [4.78, 5) is 22.3. The van der Waals surface area contributed by atoms with Crippen LogP contribution >= 0.6 is 0 Å². The molecule has 0 aromatic carbocycles. The number of carboxylic acids is 1. The highest BCUT2D eigenvalue weighted by molar-refractivity contribution is 6.01. The monoisotopic (exact) mass is 208 g/mol. The second-order valence-electron chi connectivity index (χ2n) is 4.08. The van der Waals surface area contributed by atoms with Crippen molar-refractivity contribution in [3.05, 3.63) is 17.5 Å². The number of carbonyl (C=O) groups is 2. The van der Waals surface area contributed by atoms with E-state index >= 15 is 0 Å². The number of aryl methyl sites for hydroxylation is 2. The highest BCUT2D eigenvalue weighted by Crippen LogP contribution is 2.42. The van der Waals surface area contributed by atoms with Crippen LogP contribution in [0.15, 0.2) is 6.20 Å². The van der Waals surface area contributed by atoms with Gasteiger partial charge in [0, 0.05) is 19.9 Å². The molecule has 15 heavy (non-hydrogen) atoms. The summed E-state index contributed by atoms with van der Waals surface area (Å²) in [7, 11) is 1.70. The zero-order valence-corrected chi connectivity index (χ0v) is 8.65. The van der Waals surface area contributed by atoms with Crippen LogP contribution in [-0.4, -0.2) is 26.6 Å². The molecule has 0 amide bonds. The van der Waals surface area contributed by atoms with Crippen LogP contribution < -0.4 is 0 Å². The number of rotatable bonds is 2. The Balaban J connectivity index is 2.52. The first kappa shape index (κ1) is 9.89. The topological polar surface area (TPSA) is 72.2 Å². The standard InChI is InChI=1S/C10H12N2O3/c1-6-5-11-12(2)8(6)10(9(14)15)3-7(13)4-10/h5H,3-4H2,1-2H3,(H,14,15). The van der Waals surface area contributed by atoms with Gasteiger partial charge in [0.05, 0.1) is 11.9 Å². The number of aliphatic carboxylic acids is 1. The average Bonchev–Trinajstić information content (AvgIpc) is 2.41. The Kier molecular flexibility index (Phi) is 1.92. The van der Waals surface area contributed by atoms with E-state index in [0.29, 0.717) is 5.69 Å². The van der Waals surface area contributed by atoms with Gasteiger partial charge in [-0.3, -0.25) is 14.3 Å². The Morgan fingerprint density at radius 1 is 1.60 bits per heavy atom. The highest BCUT2D eigenvalue weighted by Gasteiger charge is 2.54.